The molecule has 8 nitrogen and oxygen atoms in total. The molecule has 0 fully saturated rings. The number of carbonyl (C=O) groups excluding carboxylic acids is 2. The fourth-order valence-corrected chi connectivity index (χ4v) is 4.80. The van der Waals surface area contributed by atoms with Gasteiger partial charge in [-0.15, -0.1) is 0 Å². The molecule has 0 unspecified atom stereocenters. The van der Waals surface area contributed by atoms with Gasteiger partial charge in [0.05, 0.1) is 16.3 Å². The number of carbonyl (C=O) groups is 2. The third kappa shape index (κ3) is 4.60. The Bertz CT molecular complexity index is 1350. The third-order valence-corrected chi connectivity index (χ3v) is 7.45. The Morgan fingerprint density at radius 2 is 1.74 bits per heavy atom. The Morgan fingerprint density at radius 1 is 1.03 bits per heavy atom. The molecule has 1 heterocycles. The normalized spacial score (nSPS) is 13.1. The Hall–Kier alpha value is -3.85. The van der Waals surface area contributed by atoms with E-state index in [0.29, 0.717) is 17.1 Å². The first-order chi connectivity index (χ1) is 16.2. The van der Waals surface area contributed by atoms with Crippen molar-refractivity contribution in [3.8, 4) is 11.5 Å². The van der Waals surface area contributed by atoms with Crippen molar-refractivity contribution < 1.29 is 27.5 Å². The molecule has 0 saturated heterocycles. The molecule has 3 aromatic rings. The van der Waals surface area contributed by atoms with Gasteiger partial charge in [-0.3, -0.25) is 14.0 Å². The first kappa shape index (κ1) is 23.3. The lowest BCUT2D eigenvalue weighted by molar-refractivity contribution is -0.134. The molecule has 1 aliphatic heterocycles. The van der Waals surface area contributed by atoms with Crippen LogP contribution in [0.15, 0.2) is 71.6 Å². The summed E-state index contributed by atoms with van der Waals surface area (Å²) in [6, 6.07) is 18.1. The Balaban J connectivity index is 1.45. The van der Waals surface area contributed by atoms with Gasteiger partial charge in [-0.25, -0.2) is 13.2 Å². The number of nitrogens with zero attached hydrogens (tertiary/aromatic N) is 2. The van der Waals surface area contributed by atoms with Crippen molar-refractivity contribution in [1.29, 1.82) is 0 Å². The van der Waals surface area contributed by atoms with Gasteiger partial charge in [0, 0.05) is 7.05 Å². The Labute approximate surface area is 198 Å². The molecule has 0 atom stereocenters. The number of amides is 1. The molecule has 3 aromatic carbocycles. The minimum Gasteiger partial charge on any atom is -0.482 e. The van der Waals surface area contributed by atoms with E-state index in [1.807, 2.05) is 13.8 Å². The molecule has 1 amide bonds. The fourth-order valence-electron chi connectivity index (χ4n) is 3.52. The summed E-state index contributed by atoms with van der Waals surface area (Å²) in [5, 5.41) is 0. The van der Waals surface area contributed by atoms with Gasteiger partial charge in [0.1, 0.15) is 18.0 Å². The second-order valence-electron chi connectivity index (χ2n) is 7.92. The molecule has 0 bridgehead atoms. The van der Waals surface area contributed by atoms with Crippen LogP contribution in [0.1, 0.15) is 11.1 Å². The highest BCUT2D eigenvalue weighted by Gasteiger charge is 2.28. The number of sulfonamides is 1. The van der Waals surface area contributed by atoms with Crippen LogP contribution in [0.5, 0.6) is 11.5 Å². The van der Waals surface area contributed by atoms with Gasteiger partial charge in [0.2, 0.25) is 0 Å². The molecule has 176 valence electrons. The molecule has 9 heteroatoms. The average Bonchev–Trinajstić information content (AvgIpc) is 2.82. The maximum atomic E-state index is 13.0. The van der Waals surface area contributed by atoms with E-state index in [4.69, 9.17) is 9.47 Å². The number of fused-ring (bicyclic) bond motifs is 1. The predicted octanol–water partition coefficient (Wildman–Crippen LogP) is 3.46. The fraction of sp³-hybridized carbons (Fsp3) is 0.200. The van der Waals surface area contributed by atoms with Crippen LogP contribution in [0, 0.1) is 13.8 Å². The molecule has 34 heavy (non-hydrogen) atoms. The second-order valence-corrected chi connectivity index (χ2v) is 9.89. The van der Waals surface area contributed by atoms with E-state index in [-0.39, 0.29) is 29.7 Å². The highest BCUT2D eigenvalue weighted by molar-refractivity contribution is 7.92. The summed E-state index contributed by atoms with van der Waals surface area (Å²) in [7, 11) is -2.29. The minimum atomic E-state index is -3.75. The predicted molar refractivity (Wildman–Crippen MR) is 128 cm³/mol. The van der Waals surface area contributed by atoms with Crippen molar-refractivity contribution in [3.63, 3.8) is 0 Å². The largest absolute Gasteiger partial charge is 0.482 e. The van der Waals surface area contributed by atoms with Gasteiger partial charge in [-0.2, -0.15) is 0 Å². The molecule has 0 N–H and O–H groups in total. The molecule has 0 spiro atoms. The summed E-state index contributed by atoms with van der Waals surface area (Å²) < 4.78 is 37.9. The minimum absolute atomic E-state index is 0.152. The van der Waals surface area contributed by atoms with Crippen molar-refractivity contribution in [1.82, 2.24) is 0 Å². The molecular formula is C25H24N2O6S. The van der Waals surface area contributed by atoms with E-state index in [0.717, 1.165) is 11.1 Å². The van der Waals surface area contributed by atoms with Crippen molar-refractivity contribution in [2.24, 2.45) is 0 Å². The number of ether oxygens (including phenoxy) is 2. The van der Waals surface area contributed by atoms with E-state index in [2.05, 4.69) is 0 Å². The lowest BCUT2D eigenvalue weighted by atomic mass is 10.1. The van der Waals surface area contributed by atoms with E-state index < -0.39 is 16.0 Å². The van der Waals surface area contributed by atoms with Crippen LogP contribution in [-0.2, 0) is 19.6 Å². The zero-order valence-corrected chi connectivity index (χ0v) is 19.8. The quantitative estimate of drug-likeness (QED) is 0.396. The standard InChI is InChI=1S/C25H24N2O6S/c1-17-8-13-21(14-18(17)2)34(30,31)26(3)19-9-11-20(12-10-19)33-25(29)15-27-22-6-4-5-7-23(22)32-16-24(27)28/h4-14H,15-16H2,1-3H3. The first-order valence-electron chi connectivity index (χ1n) is 10.6. The van der Waals surface area contributed by atoms with E-state index in [9.17, 15) is 18.0 Å². The monoisotopic (exact) mass is 480 g/mol. The van der Waals surface area contributed by atoms with Crippen LogP contribution in [0.3, 0.4) is 0 Å². The lowest BCUT2D eigenvalue weighted by Crippen LogP contribution is -2.43. The zero-order chi connectivity index (χ0) is 24.5. The van der Waals surface area contributed by atoms with Crippen molar-refractivity contribution in [3.05, 3.63) is 77.9 Å². The number of hydrogen-bond donors (Lipinski definition) is 0. The molecule has 1 aliphatic rings. The van der Waals surface area contributed by atoms with Crippen molar-refractivity contribution in [2.75, 3.05) is 29.4 Å². The molecule has 0 saturated carbocycles. The smallest absolute Gasteiger partial charge is 0.331 e. The maximum Gasteiger partial charge on any atom is 0.331 e. The zero-order valence-electron chi connectivity index (χ0n) is 19.0. The SMILES string of the molecule is Cc1ccc(S(=O)(=O)N(C)c2ccc(OC(=O)CN3C(=O)COc4ccccc43)cc2)cc1C. The number of hydrogen-bond acceptors (Lipinski definition) is 6. The van der Waals surface area contributed by atoms with Crippen molar-refractivity contribution >= 4 is 33.3 Å². The second kappa shape index (κ2) is 9.18. The first-order valence-corrected chi connectivity index (χ1v) is 12.0. The van der Waals surface area contributed by atoms with E-state index in [1.165, 1.54) is 28.4 Å². The van der Waals surface area contributed by atoms with Gasteiger partial charge in [-0.1, -0.05) is 18.2 Å². The molecule has 0 aromatic heterocycles. The molecular weight excluding hydrogens is 456 g/mol. The van der Waals surface area contributed by atoms with E-state index in [1.54, 1.807) is 54.6 Å². The number of aryl methyl sites for hydroxylation is 2. The van der Waals surface area contributed by atoms with Crippen LogP contribution in [-0.4, -0.2) is 40.5 Å². The molecule has 0 radical (unpaired) electrons. The van der Waals surface area contributed by atoms with Crippen LogP contribution < -0.4 is 18.7 Å². The van der Waals surface area contributed by atoms with Gasteiger partial charge < -0.3 is 9.47 Å². The van der Waals surface area contributed by atoms with Crippen LogP contribution in [0.2, 0.25) is 0 Å². The summed E-state index contributed by atoms with van der Waals surface area (Å²) >= 11 is 0. The molecule has 4 rings (SSSR count). The van der Waals surface area contributed by atoms with Crippen molar-refractivity contribution in [2.45, 2.75) is 18.7 Å². The average molecular weight is 481 g/mol. The van der Waals surface area contributed by atoms with Gasteiger partial charge in [-0.05, 0) is 73.5 Å². The Kier molecular flexibility index (Phi) is 6.30. The number of rotatable bonds is 6. The van der Waals surface area contributed by atoms with Gasteiger partial charge >= 0.3 is 5.97 Å². The number of para-hydroxylation sites is 2. The topological polar surface area (TPSA) is 93.2 Å². The summed E-state index contributed by atoms with van der Waals surface area (Å²) in [4.78, 5) is 26.3. The van der Waals surface area contributed by atoms with Gasteiger partial charge in [0.25, 0.3) is 15.9 Å². The summed E-state index contributed by atoms with van der Waals surface area (Å²) in [6.07, 6.45) is 0. The maximum absolute atomic E-state index is 13.0. The lowest BCUT2D eigenvalue weighted by Gasteiger charge is -2.28. The van der Waals surface area contributed by atoms with Crippen LogP contribution in [0.25, 0.3) is 0 Å². The van der Waals surface area contributed by atoms with Crippen LogP contribution in [0.4, 0.5) is 11.4 Å². The molecule has 0 aliphatic carbocycles. The third-order valence-electron chi connectivity index (χ3n) is 5.66. The summed E-state index contributed by atoms with van der Waals surface area (Å²) in [5.74, 6) is -0.218. The summed E-state index contributed by atoms with van der Waals surface area (Å²) in [6.45, 7) is 3.35. The Morgan fingerprint density at radius 3 is 2.44 bits per heavy atom. The highest BCUT2D eigenvalue weighted by Crippen LogP contribution is 2.31. The number of esters is 1. The number of benzene rings is 3. The van der Waals surface area contributed by atoms with E-state index >= 15 is 0 Å². The van der Waals surface area contributed by atoms with Gasteiger partial charge in [0.15, 0.2) is 6.61 Å². The summed E-state index contributed by atoms with van der Waals surface area (Å²) in [5.41, 5.74) is 2.81. The van der Waals surface area contributed by atoms with Crippen LogP contribution >= 0.6 is 0 Å². The highest BCUT2D eigenvalue weighted by atomic mass is 32.2. The number of anilines is 2.